The molecule has 1 saturated heterocycles. The predicted octanol–water partition coefficient (Wildman–Crippen LogP) is 3.41. The summed E-state index contributed by atoms with van der Waals surface area (Å²) in [5.41, 5.74) is 1.51. The fourth-order valence-corrected chi connectivity index (χ4v) is 3.26. The van der Waals surface area contributed by atoms with Gasteiger partial charge in [-0.2, -0.15) is 0 Å². The monoisotopic (exact) mass is 373 g/mol. The molecule has 1 aliphatic rings. The highest BCUT2D eigenvalue weighted by molar-refractivity contribution is 7.98. The Morgan fingerprint density at radius 2 is 2.00 bits per heavy atom. The second kappa shape index (κ2) is 8.20. The van der Waals surface area contributed by atoms with Crippen LogP contribution in [-0.2, 0) is 4.74 Å². The van der Waals surface area contributed by atoms with E-state index in [1.165, 1.54) is 12.1 Å². The molecule has 0 bridgehead atoms. The molecule has 0 unspecified atom stereocenters. The van der Waals surface area contributed by atoms with Crippen LogP contribution >= 0.6 is 11.8 Å². The molecule has 0 radical (unpaired) electrons. The number of ether oxygens (including phenoxy) is 1. The molecule has 3 rings (SSSR count). The summed E-state index contributed by atoms with van der Waals surface area (Å²) in [5, 5.41) is 14.0. The van der Waals surface area contributed by atoms with Crippen molar-refractivity contribution in [3.8, 4) is 0 Å². The maximum Gasteiger partial charge on any atom is 0.270 e. The number of amides is 1. The summed E-state index contributed by atoms with van der Waals surface area (Å²) < 4.78 is 5.35. The van der Waals surface area contributed by atoms with Gasteiger partial charge in [0.25, 0.3) is 11.6 Å². The lowest BCUT2D eigenvalue weighted by Crippen LogP contribution is -2.37. The lowest BCUT2D eigenvalue weighted by Gasteiger charge is -2.30. The summed E-state index contributed by atoms with van der Waals surface area (Å²) in [6.45, 7) is 2.40. The van der Waals surface area contributed by atoms with Crippen molar-refractivity contribution in [3.63, 3.8) is 0 Å². The Hall–Kier alpha value is -2.58. The highest BCUT2D eigenvalue weighted by Gasteiger charge is 2.22. The molecule has 0 atom stereocenters. The van der Waals surface area contributed by atoms with Gasteiger partial charge in [-0.3, -0.25) is 14.9 Å². The van der Waals surface area contributed by atoms with Crippen molar-refractivity contribution in [1.82, 2.24) is 0 Å². The van der Waals surface area contributed by atoms with Crippen LogP contribution in [0.2, 0.25) is 0 Å². The molecule has 2 aromatic rings. The number of benzene rings is 2. The number of nitro benzene ring substituents is 1. The Morgan fingerprint density at radius 1 is 1.23 bits per heavy atom. The number of hydrogen-bond donors (Lipinski definition) is 1. The van der Waals surface area contributed by atoms with Crippen LogP contribution in [0.4, 0.5) is 17.1 Å². The van der Waals surface area contributed by atoms with Crippen LogP contribution in [0.15, 0.2) is 47.4 Å². The maximum absolute atomic E-state index is 12.9. The molecule has 2 aromatic carbocycles. The second-order valence-corrected chi connectivity index (χ2v) is 6.62. The molecule has 7 nitrogen and oxygen atoms in total. The number of morpholine rings is 1. The Kier molecular flexibility index (Phi) is 5.75. The first-order valence-electron chi connectivity index (χ1n) is 8.15. The number of thioether (sulfide) groups is 1. The minimum Gasteiger partial charge on any atom is -0.378 e. The van der Waals surface area contributed by atoms with Gasteiger partial charge in [0.2, 0.25) is 0 Å². The van der Waals surface area contributed by atoms with Gasteiger partial charge in [-0.05, 0) is 30.5 Å². The largest absolute Gasteiger partial charge is 0.378 e. The fourth-order valence-electron chi connectivity index (χ4n) is 2.80. The molecule has 1 heterocycles. The van der Waals surface area contributed by atoms with E-state index in [2.05, 4.69) is 5.32 Å². The van der Waals surface area contributed by atoms with Crippen LogP contribution in [0.5, 0.6) is 0 Å². The molecule has 1 fully saturated rings. The molecule has 0 aromatic heterocycles. The summed E-state index contributed by atoms with van der Waals surface area (Å²) in [6, 6.07) is 11.9. The predicted molar refractivity (Wildman–Crippen MR) is 102 cm³/mol. The molecule has 136 valence electrons. The van der Waals surface area contributed by atoms with E-state index in [-0.39, 0.29) is 17.2 Å². The Balaban J connectivity index is 1.92. The molecule has 26 heavy (non-hydrogen) atoms. The van der Waals surface area contributed by atoms with Gasteiger partial charge in [-0.1, -0.05) is 6.07 Å². The summed E-state index contributed by atoms with van der Waals surface area (Å²) >= 11 is 1.58. The molecule has 0 spiro atoms. The van der Waals surface area contributed by atoms with E-state index in [4.69, 9.17) is 4.74 Å². The van der Waals surface area contributed by atoms with Gasteiger partial charge in [0, 0.05) is 35.8 Å². The number of non-ortho nitro benzene ring substituents is 1. The number of carbonyl (C=O) groups excluding carboxylic acids is 1. The van der Waals surface area contributed by atoms with E-state index < -0.39 is 4.92 Å². The topological polar surface area (TPSA) is 84.7 Å². The fraction of sp³-hybridized carbons (Fsp3) is 0.278. The zero-order chi connectivity index (χ0) is 18.5. The number of nitrogens with zero attached hydrogens (tertiary/aromatic N) is 2. The molecule has 0 aliphatic carbocycles. The van der Waals surface area contributed by atoms with E-state index in [0.717, 1.165) is 4.90 Å². The minimum atomic E-state index is -0.492. The van der Waals surface area contributed by atoms with Crippen molar-refractivity contribution in [2.45, 2.75) is 4.90 Å². The van der Waals surface area contributed by atoms with Crippen molar-refractivity contribution >= 4 is 34.7 Å². The molecule has 1 aliphatic heterocycles. The van der Waals surface area contributed by atoms with Crippen LogP contribution < -0.4 is 10.2 Å². The van der Waals surface area contributed by atoms with Gasteiger partial charge in [0.1, 0.15) is 0 Å². The highest BCUT2D eigenvalue weighted by atomic mass is 32.2. The van der Waals surface area contributed by atoms with Crippen molar-refractivity contribution in [2.75, 3.05) is 42.8 Å². The average molecular weight is 373 g/mol. The van der Waals surface area contributed by atoms with Crippen molar-refractivity contribution in [3.05, 3.63) is 58.1 Å². The molecule has 1 N–H and O–H groups in total. The lowest BCUT2D eigenvalue weighted by atomic mass is 10.1. The van der Waals surface area contributed by atoms with E-state index in [0.29, 0.717) is 37.7 Å². The standard InChI is InChI=1S/C18H19N3O4S/c1-26-15-4-2-3-13(11-15)19-18(22)16-12-14(21(23)24)5-6-17(16)20-7-9-25-10-8-20/h2-6,11-12H,7-10H2,1H3,(H,19,22). The summed E-state index contributed by atoms with van der Waals surface area (Å²) in [7, 11) is 0. The number of anilines is 2. The number of rotatable bonds is 5. The summed E-state index contributed by atoms with van der Waals surface area (Å²) in [5.74, 6) is -0.367. The van der Waals surface area contributed by atoms with Gasteiger partial charge in [-0.25, -0.2) is 0 Å². The molecule has 1 amide bonds. The van der Waals surface area contributed by atoms with Crippen molar-refractivity contribution in [2.24, 2.45) is 0 Å². The average Bonchev–Trinajstić information content (AvgIpc) is 2.68. The number of nitro groups is 1. The van der Waals surface area contributed by atoms with Crippen LogP contribution in [0.1, 0.15) is 10.4 Å². The number of carbonyl (C=O) groups is 1. The molecule has 8 heteroatoms. The summed E-state index contributed by atoms with van der Waals surface area (Å²) in [6.07, 6.45) is 1.96. The maximum atomic E-state index is 12.9. The zero-order valence-corrected chi connectivity index (χ0v) is 15.1. The van der Waals surface area contributed by atoms with Gasteiger partial charge < -0.3 is 15.0 Å². The third-order valence-corrected chi connectivity index (χ3v) is 4.84. The lowest BCUT2D eigenvalue weighted by molar-refractivity contribution is -0.384. The smallest absolute Gasteiger partial charge is 0.270 e. The van der Waals surface area contributed by atoms with E-state index in [9.17, 15) is 14.9 Å². The molecular weight excluding hydrogens is 354 g/mol. The van der Waals surface area contributed by atoms with E-state index >= 15 is 0 Å². The van der Waals surface area contributed by atoms with E-state index in [1.54, 1.807) is 23.9 Å². The normalized spacial score (nSPS) is 14.1. The van der Waals surface area contributed by atoms with Gasteiger partial charge in [0.15, 0.2) is 0 Å². The first-order chi connectivity index (χ1) is 12.6. The van der Waals surface area contributed by atoms with Gasteiger partial charge >= 0.3 is 0 Å². The number of hydrogen-bond acceptors (Lipinski definition) is 6. The first kappa shape index (κ1) is 18.2. The summed E-state index contributed by atoms with van der Waals surface area (Å²) in [4.78, 5) is 26.5. The minimum absolute atomic E-state index is 0.106. The van der Waals surface area contributed by atoms with Crippen LogP contribution in [0, 0.1) is 10.1 Å². The first-order valence-corrected chi connectivity index (χ1v) is 9.37. The Bertz CT molecular complexity index is 822. The second-order valence-electron chi connectivity index (χ2n) is 5.74. The third-order valence-electron chi connectivity index (χ3n) is 4.11. The number of nitrogens with one attached hydrogen (secondary N) is 1. The van der Waals surface area contributed by atoms with Gasteiger partial charge in [-0.15, -0.1) is 11.8 Å². The highest BCUT2D eigenvalue weighted by Crippen LogP contribution is 2.28. The third kappa shape index (κ3) is 4.14. The van der Waals surface area contributed by atoms with Gasteiger partial charge in [0.05, 0.1) is 29.4 Å². The molecular formula is C18H19N3O4S. The molecule has 0 saturated carbocycles. The van der Waals surface area contributed by atoms with Crippen LogP contribution in [0.25, 0.3) is 0 Å². The van der Waals surface area contributed by atoms with Crippen LogP contribution in [-0.4, -0.2) is 43.4 Å². The zero-order valence-electron chi connectivity index (χ0n) is 14.3. The SMILES string of the molecule is CSc1cccc(NC(=O)c2cc([N+](=O)[O-])ccc2N2CCOCC2)c1. The van der Waals surface area contributed by atoms with Crippen molar-refractivity contribution in [1.29, 1.82) is 0 Å². The quantitative estimate of drug-likeness (QED) is 0.491. The Morgan fingerprint density at radius 3 is 2.69 bits per heavy atom. The Labute approximate surface area is 155 Å². The van der Waals surface area contributed by atoms with E-state index in [1.807, 2.05) is 29.4 Å². The van der Waals surface area contributed by atoms with Crippen molar-refractivity contribution < 1.29 is 14.5 Å². The van der Waals surface area contributed by atoms with Crippen LogP contribution in [0.3, 0.4) is 0 Å².